The third-order valence-electron chi connectivity index (χ3n) is 2.48. The van der Waals surface area contributed by atoms with Crippen molar-refractivity contribution in [3.05, 3.63) is 30.3 Å². The van der Waals surface area contributed by atoms with E-state index in [-0.39, 0.29) is 5.91 Å². The number of hydrogen-bond donors (Lipinski definition) is 2. The van der Waals surface area contributed by atoms with E-state index in [0.29, 0.717) is 25.5 Å². The van der Waals surface area contributed by atoms with Gasteiger partial charge in [-0.05, 0) is 24.5 Å². The van der Waals surface area contributed by atoms with Crippen LogP contribution in [0.1, 0.15) is 20.3 Å². The Morgan fingerprint density at radius 3 is 2.61 bits per heavy atom. The Labute approximate surface area is 109 Å². The van der Waals surface area contributed by atoms with Gasteiger partial charge in [-0.25, -0.2) is 0 Å². The smallest absolute Gasteiger partial charge is 0.237 e. The lowest BCUT2D eigenvalue weighted by Crippen LogP contribution is -2.42. The molecule has 0 saturated carbocycles. The van der Waals surface area contributed by atoms with E-state index >= 15 is 0 Å². The number of ether oxygens (including phenoxy) is 1. The number of nitrogens with two attached hydrogens (primary N) is 1. The second-order valence-corrected chi connectivity index (χ2v) is 4.69. The van der Waals surface area contributed by atoms with Gasteiger partial charge in [-0.3, -0.25) is 4.79 Å². The molecule has 0 heterocycles. The first-order valence-corrected chi connectivity index (χ1v) is 6.30. The fourth-order valence-corrected chi connectivity index (χ4v) is 1.61. The van der Waals surface area contributed by atoms with Crippen molar-refractivity contribution in [1.82, 2.24) is 5.32 Å². The summed E-state index contributed by atoms with van der Waals surface area (Å²) < 4.78 is 5.46. The van der Waals surface area contributed by atoms with Crippen molar-refractivity contribution in [2.45, 2.75) is 26.3 Å². The average molecular weight is 250 g/mol. The average Bonchev–Trinajstić information content (AvgIpc) is 2.34. The molecular formula is C14H22N2O2. The van der Waals surface area contributed by atoms with Gasteiger partial charge in [-0.15, -0.1) is 0 Å². The van der Waals surface area contributed by atoms with Crippen molar-refractivity contribution in [1.29, 1.82) is 0 Å². The van der Waals surface area contributed by atoms with Crippen LogP contribution in [-0.2, 0) is 4.79 Å². The molecular weight excluding hydrogens is 228 g/mol. The van der Waals surface area contributed by atoms with Crippen LogP contribution < -0.4 is 15.8 Å². The Hall–Kier alpha value is -1.55. The number of carbonyl (C=O) groups is 1. The number of hydrogen-bond acceptors (Lipinski definition) is 3. The van der Waals surface area contributed by atoms with Crippen LogP contribution in [0.4, 0.5) is 0 Å². The van der Waals surface area contributed by atoms with Crippen molar-refractivity contribution in [2.75, 3.05) is 13.2 Å². The molecule has 1 aromatic carbocycles. The first-order valence-electron chi connectivity index (χ1n) is 6.30. The topological polar surface area (TPSA) is 64.4 Å². The van der Waals surface area contributed by atoms with Crippen LogP contribution in [0.25, 0.3) is 0 Å². The first kappa shape index (κ1) is 14.5. The molecule has 0 aliphatic heterocycles. The molecule has 0 radical (unpaired) electrons. The zero-order valence-electron chi connectivity index (χ0n) is 11.1. The molecule has 100 valence electrons. The second kappa shape index (κ2) is 7.71. The van der Waals surface area contributed by atoms with Gasteiger partial charge in [-0.1, -0.05) is 32.0 Å². The van der Waals surface area contributed by atoms with Gasteiger partial charge in [0.05, 0.1) is 12.6 Å². The highest BCUT2D eigenvalue weighted by Crippen LogP contribution is 2.07. The summed E-state index contributed by atoms with van der Waals surface area (Å²) in [6, 6.07) is 9.08. The largest absolute Gasteiger partial charge is 0.492 e. The number of para-hydroxylation sites is 1. The zero-order chi connectivity index (χ0) is 13.4. The van der Waals surface area contributed by atoms with E-state index in [2.05, 4.69) is 5.32 Å². The van der Waals surface area contributed by atoms with E-state index in [4.69, 9.17) is 10.5 Å². The highest BCUT2D eigenvalue weighted by molar-refractivity contribution is 5.81. The molecule has 0 aromatic heterocycles. The van der Waals surface area contributed by atoms with Gasteiger partial charge in [-0.2, -0.15) is 0 Å². The number of rotatable bonds is 7. The maximum Gasteiger partial charge on any atom is 0.237 e. The van der Waals surface area contributed by atoms with Crippen LogP contribution in [0, 0.1) is 5.92 Å². The van der Waals surface area contributed by atoms with E-state index in [0.717, 1.165) is 5.75 Å². The number of carbonyl (C=O) groups excluding carboxylic acids is 1. The van der Waals surface area contributed by atoms with Crippen LogP contribution in [0.15, 0.2) is 30.3 Å². The van der Waals surface area contributed by atoms with Gasteiger partial charge in [0.1, 0.15) is 12.4 Å². The fourth-order valence-electron chi connectivity index (χ4n) is 1.61. The molecule has 0 aliphatic carbocycles. The van der Waals surface area contributed by atoms with Crippen LogP contribution in [0.3, 0.4) is 0 Å². The predicted octanol–water partition coefficient (Wildman–Crippen LogP) is 1.55. The normalized spacial score (nSPS) is 12.2. The second-order valence-electron chi connectivity index (χ2n) is 4.69. The molecule has 0 fully saturated rings. The summed E-state index contributed by atoms with van der Waals surface area (Å²) in [5.74, 6) is 1.12. The van der Waals surface area contributed by atoms with E-state index < -0.39 is 6.04 Å². The molecule has 0 saturated heterocycles. The van der Waals surface area contributed by atoms with Crippen LogP contribution in [0.2, 0.25) is 0 Å². The maximum atomic E-state index is 11.6. The predicted molar refractivity (Wildman–Crippen MR) is 72.4 cm³/mol. The van der Waals surface area contributed by atoms with E-state index in [1.165, 1.54) is 0 Å². The van der Waals surface area contributed by atoms with Crippen molar-refractivity contribution >= 4 is 5.91 Å². The number of amides is 1. The number of nitrogens with one attached hydrogen (secondary N) is 1. The van der Waals surface area contributed by atoms with Crippen molar-refractivity contribution in [2.24, 2.45) is 11.7 Å². The fraction of sp³-hybridized carbons (Fsp3) is 0.500. The number of benzene rings is 1. The molecule has 0 spiro atoms. The zero-order valence-corrected chi connectivity index (χ0v) is 11.1. The molecule has 4 nitrogen and oxygen atoms in total. The van der Waals surface area contributed by atoms with E-state index in [9.17, 15) is 4.79 Å². The highest BCUT2D eigenvalue weighted by Gasteiger charge is 2.13. The summed E-state index contributed by atoms with van der Waals surface area (Å²) in [5.41, 5.74) is 5.76. The molecule has 1 amide bonds. The minimum absolute atomic E-state index is 0.111. The molecule has 18 heavy (non-hydrogen) atoms. The van der Waals surface area contributed by atoms with Crippen LogP contribution >= 0.6 is 0 Å². The Morgan fingerprint density at radius 2 is 2.00 bits per heavy atom. The van der Waals surface area contributed by atoms with Crippen LogP contribution in [0.5, 0.6) is 5.75 Å². The minimum atomic E-state index is -0.429. The molecule has 0 aliphatic rings. The lowest BCUT2D eigenvalue weighted by atomic mass is 10.0. The van der Waals surface area contributed by atoms with Crippen LogP contribution in [-0.4, -0.2) is 25.1 Å². The van der Waals surface area contributed by atoms with Gasteiger partial charge >= 0.3 is 0 Å². The summed E-state index contributed by atoms with van der Waals surface area (Å²) >= 11 is 0. The van der Waals surface area contributed by atoms with Gasteiger partial charge in [0, 0.05) is 0 Å². The third kappa shape index (κ3) is 5.68. The lowest BCUT2D eigenvalue weighted by Gasteiger charge is -2.14. The van der Waals surface area contributed by atoms with Gasteiger partial charge < -0.3 is 15.8 Å². The van der Waals surface area contributed by atoms with Crippen molar-refractivity contribution in [3.63, 3.8) is 0 Å². The Kier molecular flexibility index (Phi) is 6.22. The van der Waals surface area contributed by atoms with E-state index in [1.807, 2.05) is 44.2 Å². The Morgan fingerprint density at radius 1 is 1.33 bits per heavy atom. The maximum absolute atomic E-state index is 11.6. The summed E-state index contributed by atoms with van der Waals surface area (Å²) in [4.78, 5) is 11.6. The molecule has 0 unspecified atom stereocenters. The first-order chi connectivity index (χ1) is 8.59. The van der Waals surface area contributed by atoms with Gasteiger partial charge in [0.2, 0.25) is 5.91 Å². The van der Waals surface area contributed by atoms with Crippen molar-refractivity contribution < 1.29 is 9.53 Å². The lowest BCUT2D eigenvalue weighted by molar-refractivity contribution is -0.122. The SMILES string of the molecule is CC(C)C[C@H](N)C(=O)NCCOc1ccccc1. The molecule has 1 rings (SSSR count). The molecule has 0 bridgehead atoms. The monoisotopic (exact) mass is 250 g/mol. The summed E-state index contributed by atoms with van der Waals surface area (Å²) in [7, 11) is 0. The highest BCUT2D eigenvalue weighted by atomic mass is 16.5. The quantitative estimate of drug-likeness (QED) is 0.722. The third-order valence-corrected chi connectivity index (χ3v) is 2.48. The summed E-state index contributed by atoms with van der Waals surface area (Å²) in [6.45, 7) is 5.01. The molecule has 4 heteroatoms. The molecule has 1 atom stereocenters. The molecule has 3 N–H and O–H groups in total. The summed E-state index contributed by atoms with van der Waals surface area (Å²) in [6.07, 6.45) is 0.700. The Bertz CT molecular complexity index is 352. The van der Waals surface area contributed by atoms with E-state index in [1.54, 1.807) is 0 Å². The van der Waals surface area contributed by atoms with Gasteiger partial charge in [0.25, 0.3) is 0 Å². The van der Waals surface area contributed by atoms with Crippen molar-refractivity contribution in [3.8, 4) is 5.75 Å². The van der Waals surface area contributed by atoms with Gasteiger partial charge in [0.15, 0.2) is 0 Å². The summed E-state index contributed by atoms with van der Waals surface area (Å²) in [5, 5.41) is 2.77. The minimum Gasteiger partial charge on any atom is -0.492 e. The standard InChI is InChI=1S/C14H22N2O2/c1-11(2)10-13(15)14(17)16-8-9-18-12-6-4-3-5-7-12/h3-7,11,13H,8-10,15H2,1-2H3,(H,16,17)/t13-/m0/s1. The molecule has 1 aromatic rings. The Balaban J connectivity index is 2.16.